The van der Waals surface area contributed by atoms with Crippen LogP contribution in [0.2, 0.25) is 0 Å². The smallest absolute Gasteiger partial charge is 0.279 e. The molecule has 27 heavy (non-hydrogen) atoms. The lowest BCUT2D eigenvalue weighted by atomic mass is 10.1. The molecule has 6 nitrogen and oxygen atoms in total. The number of nitrogens with two attached hydrogens (primary N) is 1. The minimum absolute atomic E-state index is 0.0483. The van der Waals surface area contributed by atoms with Gasteiger partial charge < -0.3 is 4.57 Å². The zero-order chi connectivity index (χ0) is 19.8. The number of primary sulfonamides is 1. The molecular formula is C19H21N3O3S2. The molecule has 142 valence electrons. The second-order valence-corrected chi connectivity index (χ2v) is 9.02. The predicted octanol–water partition coefficient (Wildman–Crippen LogP) is 3.12. The van der Waals surface area contributed by atoms with Gasteiger partial charge in [0, 0.05) is 12.1 Å². The number of benzene rings is 2. The van der Waals surface area contributed by atoms with Gasteiger partial charge in [-0.3, -0.25) is 4.79 Å². The van der Waals surface area contributed by atoms with Crippen LogP contribution in [0.3, 0.4) is 0 Å². The Morgan fingerprint density at radius 1 is 1.19 bits per heavy atom. The number of rotatable bonds is 4. The maximum Gasteiger partial charge on any atom is 0.279 e. The third kappa shape index (κ3) is 4.02. The van der Waals surface area contributed by atoms with Crippen molar-refractivity contribution in [2.75, 3.05) is 0 Å². The highest BCUT2D eigenvalue weighted by atomic mass is 32.2. The summed E-state index contributed by atoms with van der Waals surface area (Å²) in [5.41, 5.74) is 3.36. The van der Waals surface area contributed by atoms with Crippen LogP contribution in [0.15, 0.2) is 46.3 Å². The summed E-state index contributed by atoms with van der Waals surface area (Å²) in [6.45, 7) is 6.57. The SMILES string of the molecule is CCCn1c(=NC(=O)c2ccc(C)cc2C)sc2cc(S(N)(=O)=O)ccc21. The summed E-state index contributed by atoms with van der Waals surface area (Å²) in [5.74, 6) is -0.310. The molecule has 0 saturated heterocycles. The van der Waals surface area contributed by atoms with Crippen LogP contribution in [-0.4, -0.2) is 18.9 Å². The Balaban J connectivity index is 2.18. The number of aryl methyl sites for hydroxylation is 3. The predicted molar refractivity (Wildman–Crippen MR) is 107 cm³/mol. The third-order valence-electron chi connectivity index (χ3n) is 4.24. The number of thiazole rings is 1. The van der Waals surface area contributed by atoms with Crippen LogP contribution in [0.1, 0.15) is 34.8 Å². The van der Waals surface area contributed by atoms with Crippen molar-refractivity contribution in [1.82, 2.24) is 4.57 Å². The van der Waals surface area contributed by atoms with Crippen LogP contribution in [0, 0.1) is 13.8 Å². The van der Waals surface area contributed by atoms with Gasteiger partial charge in [0.1, 0.15) is 0 Å². The first kappa shape index (κ1) is 19.5. The minimum atomic E-state index is -3.79. The van der Waals surface area contributed by atoms with E-state index < -0.39 is 10.0 Å². The molecule has 0 aliphatic rings. The molecule has 0 atom stereocenters. The largest absolute Gasteiger partial charge is 0.316 e. The van der Waals surface area contributed by atoms with Gasteiger partial charge in [0.15, 0.2) is 4.80 Å². The van der Waals surface area contributed by atoms with Crippen molar-refractivity contribution < 1.29 is 13.2 Å². The van der Waals surface area contributed by atoms with Gasteiger partial charge in [-0.1, -0.05) is 36.0 Å². The molecule has 0 saturated carbocycles. The van der Waals surface area contributed by atoms with E-state index in [9.17, 15) is 13.2 Å². The lowest BCUT2D eigenvalue weighted by Crippen LogP contribution is -2.17. The van der Waals surface area contributed by atoms with E-state index in [4.69, 9.17) is 5.14 Å². The van der Waals surface area contributed by atoms with Gasteiger partial charge in [0.25, 0.3) is 5.91 Å². The molecule has 0 radical (unpaired) electrons. The van der Waals surface area contributed by atoms with E-state index in [1.54, 1.807) is 12.1 Å². The van der Waals surface area contributed by atoms with E-state index in [2.05, 4.69) is 4.99 Å². The molecule has 3 rings (SSSR count). The maximum absolute atomic E-state index is 12.7. The molecule has 1 aromatic heterocycles. The highest BCUT2D eigenvalue weighted by Crippen LogP contribution is 2.22. The fourth-order valence-electron chi connectivity index (χ4n) is 2.96. The van der Waals surface area contributed by atoms with Gasteiger partial charge in [-0.15, -0.1) is 0 Å². The number of hydrogen-bond donors (Lipinski definition) is 1. The van der Waals surface area contributed by atoms with Crippen molar-refractivity contribution >= 4 is 37.5 Å². The molecule has 2 aromatic carbocycles. The molecule has 1 amide bonds. The number of fused-ring (bicyclic) bond motifs is 1. The number of sulfonamides is 1. The van der Waals surface area contributed by atoms with E-state index in [0.29, 0.717) is 16.9 Å². The van der Waals surface area contributed by atoms with Crippen LogP contribution in [-0.2, 0) is 16.6 Å². The normalized spacial score (nSPS) is 12.7. The topological polar surface area (TPSA) is 94.5 Å². The maximum atomic E-state index is 12.7. The highest BCUT2D eigenvalue weighted by Gasteiger charge is 2.14. The summed E-state index contributed by atoms with van der Waals surface area (Å²) in [5, 5.41) is 5.23. The van der Waals surface area contributed by atoms with E-state index in [1.807, 2.05) is 37.5 Å². The summed E-state index contributed by atoms with van der Waals surface area (Å²) < 4.78 is 25.9. The Morgan fingerprint density at radius 3 is 2.56 bits per heavy atom. The first-order valence-corrected chi connectivity index (χ1v) is 10.9. The summed E-state index contributed by atoms with van der Waals surface area (Å²) in [6.07, 6.45) is 0.855. The first-order chi connectivity index (χ1) is 12.7. The lowest BCUT2D eigenvalue weighted by molar-refractivity contribution is 0.0997. The van der Waals surface area contributed by atoms with Crippen LogP contribution < -0.4 is 9.94 Å². The second-order valence-electron chi connectivity index (χ2n) is 6.45. The summed E-state index contributed by atoms with van der Waals surface area (Å²) >= 11 is 1.28. The second kappa shape index (κ2) is 7.38. The Labute approximate surface area is 162 Å². The number of aromatic nitrogens is 1. The first-order valence-electron chi connectivity index (χ1n) is 8.53. The van der Waals surface area contributed by atoms with Crippen molar-refractivity contribution in [2.24, 2.45) is 10.1 Å². The molecular weight excluding hydrogens is 382 g/mol. The fourth-order valence-corrected chi connectivity index (χ4v) is 4.66. The molecule has 0 bridgehead atoms. The van der Waals surface area contributed by atoms with Gasteiger partial charge in [0.2, 0.25) is 10.0 Å². The Bertz CT molecular complexity index is 1200. The standard InChI is InChI=1S/C19H21N3O3S2/c1-4-9-22-16-8-6-14(27(20,24)25)11-17(16)26-19(22)21-18(23)15-7-5-12(2)10-13(15)3/h5-8,10-11H,4,9H2,1-3H3,(H2,20,24,25). The molecule has 1 heterocycles. The van der Waals surface area contributed by atoms with Gasteiger partial charge >= 0.3 is 0 Å². The molecule has 0 unspecified atom stereocenters. The summed E-state index contributed by atoms with van der Waals surface area (Å²) in [6, 6.07) is 10.3. The van der Waals surface area contributed by atoms with Crippen molar-refractivity contribution in [3.63, 3.8) is 0 Å². The zero-order valence-corrected chi connectivity index (χ0v) is 17.0. The average molecular weight is 404 g/mol. The monoisotopic (exact) mass is 403 g/mol. The Kier molecular flexibility index (Phi) is 5.32. The van der Waals surface area contributed by atoms with Gasteiger partial charge in [-0.2, -0.15) is 4.99 Å². The average Bonchev–Trinajstić information content (AvgIpc) is 2.91. The van der Waals surface area contributed by atoms with E-state index in [-0.39, 0.29) is 10.8 Å². The fraction of sp³-hybridized carbons (Fsp3) is 0.263. The van der Waals surface area contributed by atoms with E-state index in [0.717, 1.165) is 27.8 Å². The molecule has 3 aromatic rings. The van der Waals surface area contributed by atoms with Gasteiger partial charge in [-0.25, -0.2) is 13.6 Å². The highest BCUT2D eigenvalue weighted by molar-refractivity contribution is 7.89. The quantitative estimate of drug-likeness (QED) is 0.725. The molecule has 0 aliphatic carbocycles. The van der Waals surface area contributed by atoms with Crippen molar-refractivity contribution in [3.05, 3.63) is 57.9 Å². The summed E-state index contributed by atoms with van der Waals surface area (Å²) in [7, 11) is -3.79. The number of hydrogen-bond acceptors (Lipinski definition) is 4. The van der Waals surface area contributed by atoms with E-state index in [1.165, 1.54) is 23.5 Å². The Morgan fingerprint density at radius 2 is 1.93 bits per heavy atom. The van der Waals surface area contributed by atoms with Crippen LogP contribution in [0.5, 0.6) is 0 Å². The molecule has 0 aliphatic heterocycles. The molecule has 0 fully saturated rings. The zero-order valence-electron chi connectivity index (χ0n) is 15.4. The molecule has 0 spiro atoms. The van der Waals surface area contributed by atoms with Crippen molar-refractivity contribution in [2.45, 2.75) is 38.6 Å². The molecule has 8 heteroatoms. The minimum Gasteiger partial charge on any atom is -0.316 e. The van der Waals surface area contributed by atoms with Crippen molar-refractivity contribution in [3.8, 4) is 0 Å². The lowest BCUT2D eigenvalue weighted by Gasteiger charge is -2.04. The van der Waals surface area contributed by atoms with E-state index >= 15 is 0 Å². The Hall–Kier alpha value is -2.29. The van der Waals surface area contributed by atoms with Gasteiger partial charge in [-0.05, 0) is 50.1 Å². The van der Waals surface area contributed by atoms with Gasteiger partial charge in [0.05, 0.1) is 15.1 Å². The number of carbonyl (C=O) groups is 1. The third-order valence-corrected chi connectivity index (χ3v) is 6.19. The number of nitrogens with zero attached hydrogens (tertiary/aromatic N) is 2. The van der Waals surface area contributed by atoms with Crippen molar-refractivity contribution in [1.29, 1.82) is 0 Å². The summed E-state index contributed by atoms with van der Waals surface area (Å²) in [4.78, 5) is 17.6. The van der Waals surface area contributed by atoms with Crippen LogP contribution >= 0.6 is 11.3 Å². The molecule has 2 N–H and O–H groups in total. The van der Waals surface area contributed by atoms with Crippen LogP contribution in [0.25, 0.3) is 10.2 Å². The van der Waals surface area contributed by atoms with Crippen LogP contribution in [0.4, 0.5) is 0 Å². The number of carbonyl (C=O) groups excluding carboxylic acids is 1. The number of amides is 1.